The molecule has 10 heteroatoms. The van der Waals surface area contributed by atoms with Crippen molar-refractivity contribution in [2.24, 2.45) is 5.10 Å². The van der Waals surface area contributed by atoms with E-state index in [0.29, 0.717) is 50.4 Å². The maximum Gasteiger partial charge on any atom is 0.282 e. The minimum Gasteiger partial charge on any atom is -0.490 e. The quantitative estimate of drug-likeness (QED) is 0.116. The minimum absolute atomic E-state index is 0.00257. The van der Waals surface area contributed by atoms with E-state index < -0.39 is 4.92 Å². The van der Waals surface area contributed by atoms with Crippen molar-refractivity contribution in [3.05, 3.63) is 103 Å². The molecule has 0 radical (unpaired) electrons. The topological polar surface area (TPSA) is 109 Å². The molecule has 0 bridgehead atoms. The number of nitro benzene ring substituents is 1. The molecule has 40 heavy (non-hydrogen) atoms. The molecule has 0 saturated heterocycles. The van der Waals surface area contributed by atoms with Gasteiger partial charge in [0.2, 0.25) is 0 Å². The Morgan fingerprint density at radius 2 is 1.90 bits per heavy atom. The summed E-state index contributed by atoms with van der Waals surface area (Å²) in [6, 6.07) is 17.3. The summed E-state index contributed by atoms with van der Waals surface area (Å²) in [6.45, 7) is 2.40. The Hall–Kier alpha value is -4.05. The fraction of sp³-hybridized carbons (Fsp3) is 0.300. The Morgan fingerprint density at radius 3 is 2.67 bits per heavy atom. The van der Waals surface area contributed by atoms with E-state index in [4.69, 9.17) is 14.5 Å². The summed E-state index contributed by atoms with van der Waals surface area (Å²) < 4.78 is 13.9. The maximum atomic E-state index is 13.5. The zero-order valence-corrected chi connectivity index (χ0v) is 23.7. The number of fused-ring (bicyclic) bond motifs is 1. The summed E-state index contributed by atoms with van der Waals surface area (Å²) in [6.07, 6.45) is 7.01. The molecule has 1 saturated carbocycles. The van der Waals surface area contributed by atoms with E-state index in [-0.39, 0.29) is 23.8 Å². The standard InChI is InChI=1S/C30H29BrN4O5/c1-2-39-27-17-21(16-25(31)28(27)40-19-20-9-8-12-23(15-20)35(37)38)18-32-34-29(22-10-4-3-5-11-22)33-26-14-7-6-13-24(26)30(34)36/h6-9,12-18,22H,2-5,10-11,19H2,1H3. The normalized spacial score (nSPS) is 14.1. The van der Waals surface area contributed by atoms with Gasteiger partial charge in [0, 0.05) is 18.1 Å². The van der Waals surface area contributed by atoms with E-state index in [9.17, 15) is 14.9 Å². The molecule has 0 unspecified atom stereocenters. The number of hydrogen-bond acceptors (Lipinski definition) is 7. The highest BCUT2D eigenvalue weighted by molar-refractivity contribution is 9.10. The molecule has 3 aromatic carbocycles. The van der Waals surface area contributed by atoms with Gasteiger partial charge in [-0.1, -0.05) is 43.5 Å². The van der Waals surface area contributed by atoms with Crippen LogP contribution in [0.2, 0.25) is 0 Å². The molecule has 0 amide bonds. The Labute approximate surface area is 239 Å². The van der Waals surface area contributed by atoms with E-state index >= 15 is 0 Å². The van der Waals surface area contributed by atoms with Gasteiger partial charge in [-0.2, -0.15) is 9.78 Å². The van der Waals surface area contributed by atoms with Crippen molar-refractivity contribution in [2.75, 3.05) is 6.61 Å². The van der Waals surface area contributed by atoms with Gasteiger partial charge in [-0.15, -0.1) is 0 Å². The van der Waals surface area contributed by atoms with Gasteiger partial charge >= 0.3 is 0 Å². The molecule has 1 fully saturated rings. The lowest BCUT2D eigenvalue weighted by molar-refractivity contribution is -0.384. The van der Waals surface area contributed by atoms with Gasteiger partial charge in [-0.05, 0) is 71.1 Å². The highest BCUT2D eigenvalue weighted by Gasteiger charge is 2.22. The number of halogens is 1. The Balaban J connectivity index is 1.47. The van der Waals surface area contributed by atoms with Crippen molar-refractivity contribution >= 4 is 38.7 Å². The molecule has 5 rings (SSSR count). The number of rotatable bonds is 9. The second-order valence-electron chi connectivity index (χ2n) is 9.66. The number of non-ortho nitro benzene ring substituents is 1. The van der Waals surface area contributed by atoms with Crippen LogP contribution in [0.15, 0.2) is 75.0 Å². The summed E-state index contributed by atoms with van der Waals surface area (Å²) >= 11 is 3.57. The summed E-state index contributed by atoms with van der Waals surface area (Å²) in [5.41, 5.74) is 1.86. The molecule has 4 aromatic rings. The third-order valence-electron chi connectivity index (χ3n) is 6.91. The van der Waals surface area contributed by atoms with Gasteiger partial charge in [0.05, 0.1) is 33.1 Å². The number of nitrogens with zero attached hydrogens (tertiary/aromatic N) is 4. The number of aromatic nitrogens is 2. The van der Waals surface area contributed by atoms with E-state index in [1.165, 1.54) is 23.2 Å². The van der Waals surface area contributed by atoms with Crippen molar-refractivity contribution in [3.63, 3.8) is 0 Å². The van der Waals surface area contributed by atoms with E-state index in [1.54, 1.807) is 30.5 Å². The van der Waals surface area contributed by atoms with Crippen molar-refractivity contribution in [2.45, 2.75) is 51.6 Å². The zero-order valence-electron chi connectivity index (χ0n) is 22.1. The highest BCUT2D eigenvalue weighted by atomic mass is 79.9. The zero-order chi connectivity index (χ0) is 28.1. The first-order valence-electron chi connectivity index (χ1n) is 13.3. The average Bonchev–Trinajstić information content (AvgIpc) is 2.97. The predicted molar refractivity (Wildman–Crippen MR) is 158 cm³/mol. The van der Waals surface area contributed by atoms with Crippen molar-refractivity contribution < 1.29 is 14.4 Å². The largest absolute Gasteiger partial charge is 0.490 e. The molecule has 1 aliphatic carbocycles. The van der Waals surface area contributed by atoms with Gasteiger partial charge in [0.15, 0.2) is 11.5 Å². The van der Waals surface area contributed by atoms with Crippen molar-refractivity contribution in [1.82, 2.24) is 9.66 Å². The second kappa shape index (κ2) is 12.4. The lowest BCUT2D eigenvalue weighted by atomic mass is 9.88. The number of ether oxygens (including phenoxy) is 2. The van der Waals surface area contributed by atoms with Crippen LogP contribution in [-0.2, 0) is 6.61 Å². The smallest absolute Gasteiger partial charge is 0.282 e. The Bertz CT molecular complexity index is 1630. The molecular formula is C30H29BrN4O5. The fourth-order valence-electron chi connectivity index (χ4n) is 4.98. The SMILES string of the molecule is CCOc1cc(C=Nn2c(C3CCCCC3)nc3ccccc3c2=O)cc(Br)c1OCc1cccc([N+](=O)[O-])c1. The second-order valence-corrected chi connectivity index (χ2v) is 10.5. The van der Waals surface area contributed by atoms with E-state index in [2.05, 4.69) is 21.0 Å². The van der Waals surface area contributed by atoms with Crippen LogP contribution in [0.5, 0.6) is 11.5 Å². The van der Waals surface area contributed by atoms with Crippen LogP contribution in [0.25, 0.3) is 10.9 Å². The predicted octanol–water partition coefficient (Wildman–Crippen LogP) is 6.97. The van der Waals surface area contributed by atoms with Gasteiger partial charge in [-0.25, -0.2) is 4.98 Å². The summed E-state index contributed by atoms with van der Waals surface area (Å²) in [5.74, 6) is 1.83. The molecule has 9 nitrogen and oxygen atoms in total. The van der Waals surface area contributed by atoms with Crippen LogP contribution in [-0.4, -0.2) is 27.4 Å². The number of para-hydroxylation sites is 1. The number of hydrogen-bond donors (Lipinski definition) is 0. The van der Waals surface area contributed by atoms with Crippen LogP contribution < -0.4 is 15.0 Å². The van der Waals surface area contributed by atoms with Gasteiger partial charge in [0.25, 0.3) is 11.2 Å². The first-order valence-corrected chi connectivity index (χ1v) is 14.1. The van der Waals surface area contributed by atoms with Crippen LogP contribution in [0.4, 0.5) is 5.69 Å². The molecule has 206 valence electrons. The number of benzene rings is 3. The van der Waals surface area contributed by atoms with E-state index in [1.807, 2.05) is 31.2 Å². The molecule has 0 atom stereocenters. The molecule has 0 aliphatic heterocycles. The first-order chi connectivity index (χ1) is 19.4. The van der Waals surface area contributed by atoms with Crippen LogP contribution in [0.3, 0.4) is 0 Å². The molecule has 1 aliphatic rings. The summed E-state index contributed by atoms with van der Waals surface area (Å²) in [4.78, 5) is 29.1. The molecule has 0 N–H and O–H groups in total. The maximum absolute atomic E-state index is 13.5. The van der Waals surface area contributed by atoms with Gasteiger partial charge in [-0.3, -0.25) is 14.9 Å². The van der Waals surface area contributed by atoms with Crippen LogP contribution in [0, 0.1) is 10.1 Å². The fourth-order valence-corrected chi connectivity index (χ4v) is 5.56. The van der Waals surface area contributed by atoms with Crippen LogP contribution in [0.1, 0.15) is 61.9 Å². The van der Waals surface area contributed by atoms with E-state index in [0.717, 1.165) is 25.7 Å². The Kier molecular flexibility index (Phi) is 8.54. The Morgan fingerprint density at radius 1 is 1.10 bits per heavy atom. The minimum atomic E-state index is -0.435. The van der Waals surface area contributed by atoms with Gasteiger partial charge in [0.1, 0.15) is 12.4 Å². The van der Waals surface area contributed by atoms with Gasteiger partial charge < -0.3 is 9.47 Å². The lowest BCUT2D eigenvalue weighted by Crippen LogP contribution is -2.25. The molecule has 1 aromatic heterocycles. The third kappa shape index (κ3) is 6.07. The third-order valence-corrected chi connectivity index (χ3v) is 7.50. The van der Waals surface area contributed by atoms with Crippen molar-refractivity contribution in [1.29, 1.82) is 0 Å². The van der Waals surface area contributed by atoms with Crippen LogP contribution >= 0.6 is 15.9 Å². The lowest BCUT2D eigenvalue weighted by Gasteiger charge is -2.22. The average molecular weight is 605 g/mol. The summed E-state index contributed by atoms with van der Waals surface area (Å²) in [7, 11) is 0. The molecule has 1 heterocycles. The monoisotopic (exact) mass is 604 g/mol. The summed E-state index contributed by atoms with van der Waals surface area (Å²) in [5, 5.41) is 16.3. The van der Waals surface area contributed by atoms with Crippen molar-refractivity contribution in [3.8, 4) is 11.5 Å². The highest BCUT2D eigenvalue weighted by Crippen LogP contribution is 2.37. The molecular weight excluding hydrogens is 576 g/mol. The number of nitro groups is 1. The molecule has 0 spiro atoms. The first kappa shape index (κ1) is 27.5.